The molecule has 0 spiro atoms. The molecule has 0 aliphatic rings. The summed E-state index contributed by atoms with van der Waals surface area (Å²) >= 11 is 0. The number of H-pyrrole nitrogens is 1. The highest BCUT2D eigenvalue weighted by Crippen LogP contribution is 2.16. The van der Waals surface area contributed by atoms with Crippen LogP contribution < -0.4 is 0 Å². The third kappa shape index (κ3) is 11.3. The molecule has 5 heteroatoms. The van der Waals surface area contributed by atoms with Gasteiger partial charge in [-0.05, 0) is 32.1 Å². The number of tetrazole rings is 1. The number of aliphatic hydroxyl groups excluding tert-OH is 1. The topological polar surface area (TPSA) is 74.7 Å². The number of nitrogens with one attached hydrogen (secondary N) is 1. The molecule has 0 aliphatic heterocycles. The van der Waals surface area contributed by atoms with Crippen molar-refractivity contribution in [2.75, 3.05) is 0 Å². The van der Waals surface area contributed by atoms with Gasteiger partial charge in [-0.2, -0.15) is 5.21 Å². The van der Waals surface area contributed by atoms with E-state index in [0.29, 0.717) is 5.82 Å². The molecule has 0 aliphatic carbocycles. The lowest BCUT2D eigenvalue weighted by Gasteiger charge is -2.05. The smallest absolute Gasteiger partial charge is 0.202 e. The fraction of sp³-hybridized carbons (Fsp3) is 0.842. The molecule has 0 radical (unpaired) electrons. The first-order chi connectivity index (χ1) is 11.8. The lowest BCUT2D eigenvalue weighted by Crippen LogP contribution is -2.00. The number of unbranched alkanes of at least 4 members (excludes halogenated alkanes) is 11. The van der Waals surface area contributed by atoms with Crippen molar-refractivity contribution in [3.05, 3.63) is 18.0 Å². The zero-order valence-corrected chi connectivity index (χ0v) is 15.4. The quantitative estimate of drug-likeness (QED) is 0.318. The molecular weight excluding hydrogens is 300 g/mol. The van der Waals surface area contributed by atoms with E-state index in [0.717, 1.165) is 19.3 Å². The van der Waals surface area contributed by atoms with Crippen LogP contribution in [0.2, 0.25) is 0 Å². The molecule has 1 aromatic heterocycles. The van der Waals surface area contributed by atoms with Gasteiger partial charge in [0.2, 0.25) is 5.82 Å². The minimum Gasteiger partial charge on any atom is -0.385 e. The highest BCUT2D eigenvalue weighted by molar-refractivity contribution is 4.83. The van der Waals surface area contributed by atoms with Crippen LogP contribution >= 0.6 is 0 Å². The summed E-state index contributed by atoms with van der Waals surface area (Å²) in [6, 6.07) is 0. The van der Waals surface area contributed by atoms with E-state index >= 15 is 0 Å². The van der Waals surface area contributed by atoms with E-state index in [1.807, 2.05) is 0 Å². The minimum absolute atomic E-state index is 0.408. The van der Waals surface area contributed by atoms with Crippen LogP contribution in [-0.4, -0.2) is 25.7 Å². The van der Waals surface area contributed by atoms with Gasteiger partial charge in [0.25, 0.3) is 0 Å². The van der Waals surface area contributed by atoms with Crippen LogP contribution in [-0.2, 0) is 0 Å². The predicted molar refractivity (Wildman–Crippen MR) is 98.6 cm³/mol. The molecule has 1 unspecified atom stereocenters. The summed E-state index contributed by atoms with van der Waals surface area (Å²) < 4.78 is 0. The Labute approximate surface area is 147 Å². The van der Waals surface area contributed by atoms with Gasteiger partial charge in [0, 0.05) is 0 Å². The molecule has 2 N–H and O–H groups in total. The van der Waals surface area contributed by atoms with Gasteiger partial charge in [-0.1, -0.05) is 82.1 Å². The standard InChI is InChI=1S/C19H36N4O/c1-2-3-4-5-6-7-8-9-10-11-12-13-14-15-16-17-18(24)19-20-22-23-21-19/h9-10,18,24H,2-8,11-17H2,1H3,(H,20,21,22,23). The van der Waals surface area contributed by atoms with Crippen LogP contribution in [0.4, 0.5) is 0 Å². The maximum absolute atomic E-state index is 9.82. The Bertz CT molecular complexity index is 392. The van der Waals surface area contributed by atoms with Crippen LogP contribution in [0, 0.1) is 0 Å². The van der Waals surface area contributed by atoms with E-state index in [-0.39, 0.29) is 0 Å². The molecule has 1 rings (SSSR count). The Morgan fingerprint density at radius 1 is 0.875 bits per heavy atom. The second-order valence-corrected chi connectivity index (χ2v) is 6.66. The van der Waals surface area contributed by atoms with Crippen LogP contribution in [0.25, 0.3) is 0 Å². The highest BCUT2D eigenvalue weighted by atomic mass is 16.3. The molecular formula is C19H36N4O. The van der Waals surface area contributed by atoms with Gasteiger partial charge in [0.1, 0.15) is 6.10 Å². The van der Waals surface area contributed by atoms with Crippen molar-refractivity contribution in [2.45, 2.75) is 103 Å². The van der Waals surface area contributed by atoms with Crippen LogP contribution in [0.5, 0.6) is 0 Å². The van der Waals surface area contributed by atoms with Crippen molar-refractivity contribution in [3.63, 3.8) is 0 Å². The molecule has 0 aromatic carbocycles. The second-order valence-electron chi connectivity index (χ2n) is 6.66. The second kappa shape index (κ2) is 15.3. The third-order valence-electron chi connectivity index (χ3n) is 4.40. The first-order valence-electron chi connectivity index (χ1n) is 9.91. The number of hydrogen-bond acceptors (Lipinski definition) is 4. The number of aliphatic hydroxyl groups is 1. The number of hydrogen-bond donors (Lipinski definition) is 2. The molecule has 24 heavy (non-hydrogen) atoms. The molecule has 0 bridgehead atoms. The number of nitrogens with zero attached hydrogens (tertiary/aromatic N) is 3. The number of aromatic nitrogens is 4. The molecule has 0 fully saturated rings. The Morgan fingerprint density at radius 2 is 1.46 bits per heavy atom. The van der Waals surface area contributed by atoms with E-state index in [9.17, 15) is 5.11 Å². The average molecular weight is 337 g/mol. The minimum atomic E-state index is -0.575. The first kappa shape index (κ1) is 20.8. The van der Waals surface area contributed by atoms with E-state index in [1.165, 1.54) is 70.6 Å². The Kier molecular flexibility index (Phi) is 13.3. The lowest BCUT2D eigenvalue weighted by atomic mass is 10.1. The van der Waals surface area contributed by atoms with Gasteiger partial charge in [0.05, 0.1) is 0 Å². The molecule has 0 saturated heterocycles. The fourth-order valence-corrected chi connectivity index (χ4v) is 2.85. The van der Waals surface area contributed by atoms with E-state index in [2.05, 4.69) is 39.7 Å². The zero-order valence-electron chi connectivity index (χ0n) is 15.4. The van der Waals surface area contributed by atoms with Crippen LogP contribution in [0.3, 0.4) is 0 Å². The van der Waals surface area contributed by atoms with Crippen molar-refractivity contribution < 1.29 is 5.11 Å². The van der Waals surface area contributed by atoms with Crippen LogP contribution in [0.1, 0.15) is 109 Å². The highest BCUT2D eigenvalue weighted by Gasteiger charge is 2.11. The SMILES string of the molecule is CCCCCCCCC=CCCCCCCCC(O)c1nn[nH]n1. The number of aromatic amines is 1. The van der Waals surface area contributed by atoms with Crippen molar-refractivity contribution in [1.29, 1.82) is 0 Å². The van der Waals surface area contributed by atoms with Crippen molar-refractivity contribution in [2.24, 2.45) is 0 Å². The summed E-state index contributed by atoms with van der Waals surface area (Å²) in [5.74, 6) is 0.408. The van der Waals surface area contributed by atoms with Gasteiger partial charge in [0.15, 0.2) is 0 Å². The Balaban J connectivity index is 1.79. The molecule has 1 heterocycles. The summed E-state index contributed by atoms with van der Waals surface area (Å²) in [7, 11) is 0. The van der Waals surface area contributed by atoms with Crippen molar-refractivity contribution in [3.8, 4) is 0 Å². The average Bonchev–Trinajstić information content (AvgIpc) is 3.13. The summed E-state index contributed by atoms with van der Waals surface area (Å²) in [6.45, 7) is 2.27. The van der Waals surface area contributed by atoms with Crippen LogP contribution in [0.15, 0.2) is 12.2 Å². The maximum atomic E-state index is 9.82. The Morgan fingerprint density at radius 3 is 2.04 bits per heavy atom. The lowest BCUT2D eigenvalue weighted by molar-refractivity contribution is 0.153. The fourth-order valence-electron chi connectivity index (χ4n) is 2.85. The Hall–Kier alpha value is -1.23. The summed E-state index contributed by atoms with van der Waals surface area (Å²) in [6.07, 6.45) is 21.6. The molecule has 0 amide bonds. The van der Waals surface area contributed by atoms with Gasteiger partial charge < -0.3 is 5.11 Å². The van der Waals surface area contributed by atoms with Crippen molar-refractivity contribution >= 4 is 0 Å². The van der Waals surface area contributed by atoms with Gasteiger partial charge >= 0.3 is 0 Å². The van der Waals surface area contributed by atoms with E-state index in [4.69, 9.17) is 0 Å². The number of allylic oxidation sites excluding steroid dienone is 2. The zero-order chi connectivity index (χ0) is 17.3. The van der Waals surface area contributed by atoms with Gasteiger partial charge in [-0.25, -0.2) is 0 Å². The summed E-state index contributed by atoms with van der Waals surface area (Å²) in [5.41, 5.74) is 0. The molecule has 138 valence electrons. The third-order valence-corrected chi connectivity index (χ3v) is 4.40. The van der Waals surface area contributed by atoms with E-state index in [1.54, 1.807) is 0 Å². The predicted octanol–water partition coefficient (Wildman–Crippen LogP) is 5.27. The molecule has 0 saturated carbocycles. The molecule has 5 nitrogen and oxygen atoms in total. The number of rotatable bonds is 16. The first-order valence-corrected chi connectivity index (χ1v) is 9.91. The molecule has 1 aromatic rings. The monoisotopic (exact) mass is 336 g/mol. The van der Waals surface area contributed by atoms with E-state index < -0.39 is 6.10 Å². The van der Waals surface area contributed by atoms with Crippen molar-refractivity contribution in [1.82, 2.24) is 20.6 Å². The van der Waals surface area contributed by atoms with Gasteiger partial charge in [-0.15, -0.1) is 10.2 Å². The largest absolute Gasteiger partial charge is 0.385 e. The summed E-state index contributed by atoms with van der Waals surface area (Å²) in [5, 5.41) is 23.2. The van der Waals surface area contributed by atoms with Gasteiger partial charge in [-0.3, -0.25) is 0 Å². The summed E-state index contributed by atoms with van der Waals surface area (Å²) in [4.78, 5) is 0. The normalized spacial score (nSPS) is 12.9. The molecule has 1 atom stereocenters. The maximum Gasteiger partial charge on any atom is 0.202 e.